The summed E-state index contributed by atoms with van der Waals surface area (Å²) >= 11 is 0. The van der Waals surface area contributed by atoms with E-state index in [1.807, 2.05) is 47.3 Å². The van der Waals surface area contributed by atoms with Gasteiger partial charge in [0.15, 0.2) is 0 Å². The number of hydrogen-bond donors (Lipinski definition) is 1. The van der Waals surface area contributed by atoms with E-state index in [1.165, 1.54) is 0 Å². The summed E-state index contributed by atoms with van der Waals surface area (Å²) in [6.07, 6.45) is 1.90. The first-order chi connectivity index (χ1) is 7.81. The number of methoxy groups -OCH3 is 1. The van der Waals surface area contributed by atoms with Crippen LogP contribution in [0.3, 0.4) is 0 Å². The van der Waals surface area contributed by atoms with Crippen LogP contribution in [0.5, 0.6) is 0 Å². The van der Waals surface area contributed by atoms with Gasteiger partial charge in [-0.25, -0.2) is 4.68 Å². The molecule has 0 aliphatic rings. The molecule has 4 nitrogen and oxygen atoms in total. The second-order valence-electron chi connectivity index (χ2n) is 3.58. The van der Waals surface area contributed by atoms with Crippen molar-refractivity contribution < 1.29 is 4.74 Å². The number of rotatable bonds is 4. The molecule has 0 bridgehead atoms. The van der Waals surface area contributed by atoms with Crippen LogP contribution in [0.25, 0.3) is 5.69 Å². The molecule has 0 saturated carbocycles. The minimum Gasteiger partial charge on any atom is -0.383 e. The fourth-order valence-electron chi connectivity index (χ4n) is 1.53. The fraction of sp³-hybridized carbons (Fsp3) is 0.250. The summed E-state index contributed by atoms with van der Waals surface area (Å²) in [7, 11) is 1.63. The summed E-state index contributed by atoms with van der Waals surface area (Å²) in [5.41, 5.74) is 7.76. The third-order valence-electron chi connectivity index (χ3n) is 2.36. The number of nitrogens with two attached hydrogens (primary N) is 1. The zero-order chi connectivity index (χ0) is 11.4. The summed E-state index contributed by atoms with van der Waals surface area (Å²) in [4.78, 5) is 0. The molecule has 1 aromatic carbocycles. The lowest BCUT2D eigenvalue weighted by Crippen LogP contribution is -2.16. The third-order valence-corrected chi connectivity index (χ3v) is 2.36. The van der Waals surface area contributed by atoms with Gasteiger partial charge < -0.3 is 10.5 Å². The number of benzene rings is 1. The first kappa shape index (κ1) is 10.9. The Kier molecular flexibility index (Phi) is 3.34. The quantitative estimate of drug-likeness (QED) is 0.844. The van der Waals surface area contributed by atoms with E-state index in [1.54, 1.807) is 7.11 Å². The highest BCUT2D eigenvalue weighted by Crippen LogP contribution is 2.11. The van der Waals surface area contributed by atoms with E-state index in [0.717, 1.165) is 11.4 Å². The highest BCUT2D eigenvalue weighted by Gasteiger charge is 2.09. The van der Waals surface area contributed by atoms with E-state index in [9.17, 15) is 0 Å². The van der Waals surface area contributed by atoms with E-state index in [-0.39, 0.29) is 6.04 Å². The number of para-hydroxylation sites is 1. The van der Waals surface area contributed by atoms with Gasteiger partial charge in [0.2, 0.25) is 0 Å². The number of aromatic nitrogens is 2. The van der Waals surface area contributed by atoms with Crippen LogP contribution in [-0.4, -0.2) is 23.5 Å². The topological polar surface area (TPSA) is 53.1 Å². The van der Waals surface area contributed by atoms with Gasteiger partial charge in [-0.2, -0.15) is 5.10 Å². The summed E-state index contributed by atoms with van der Waals surface area (Å²) in [6.45, 7) is 0.478. The van der Waals surface area contributed by atoms with Gasteiger partial charge in [-0.15, -0.1) is 0 Å². The van der Waals surface area contributed by atoms with Crippen LogP contribution in [0.4, 0.5) is 0 Å². The van der Waals surface area contributed by atoms with Gasteiger partial charge in [0, 0.05) is 13.3 Å². The Balaban J connectivity index is 2.20. The lowest BCUT2D eigenvalue weighted by Gasteiger charge is -2.06. The molecule has 1 aromatic heterocycles. The van der Waals surface area contributed by atoms with E-state index >= 15 is 0 Å². The summed E-state index contributed by atoms with van der Waals surface area (Å²) in [5.74, 6) is 0. The van der Waals surface area contributed by atoms with Crippen molar-refractivity contribution in [2.24, 2.45) is 5.73 Å². The predicted octanol–water partition coefficient (Wildman–Crippen LogP) is 1.52. The van der Waals surface area contributed by atoms with Gasteiger partial charge in [-0.1, -0.05) is 18.2 Å². The molecular weight excluding hydrogens is 202 g/mol. The number of nitrogens with zero attached hydrogens (tertiary/aromatic N) is 2. The average Bonchev–Trinajstić information content (AvgIpc) is 2.80. The summed E-state index contributed by atoms with van der Waals surface area (Å²) < 4.78 is 6.81. The maximum atomic E-state index is 5.90. The highest BCUT2D eigenvalue weighted by atomic mass is 16.5. The molecule has 16 heavy (non-hydrogen) atoms. The first-order valence-corrected chi connectivity index (χ1v) is 5.17. The highest BCUT2D eigenvalue weighted by molar-refractivity contribution is 5.30. The fourth-order valence-corrected chi connectivity index (χ4v) is 1.53. The molecular formula is C12H15N3O. The van der Waals surface area contributed by atoms with E-state index < -0.39 is 0 Å². The van der Waals surface area contributed by atoms with Crippen LogP contribution < -0.4 is 5.73 Å². The van der Waals surface area contributed by atoms with Crippen molar-refractivity contribution in [2.45, 2.75) is 6.04 Å². The molecule has 0 saturated heterocycles. The molecule has 1 unspecified atom stereocenters. The Morgan fingerprint density at radius 2 is 2.06 bits per heavy atom. The van der Waals surface area contributed by atoms with Crippen LogP contribution in [0.2, 0.25) is 0 Å². The maximum absolute atomic E-state index is 5.90. The van der Waals surface area contributed by atoms with E-state index in [4.69, 9.17) is 10.5 Å². The monoisotopic (exact) mass is 217 g/mol. The summed E-state index contributed by atoms with van der Waals surface area (Å²) in [5, 5.41) is 4.41. The zero-order valence-corrected chi connectivity index (χ0v) is 9.21. The Morgan fingerprint density at radius 1 is 1.31 bits per heavy atom. The Labute approximate surface area is 94.6 Å². The van der Waals surface area contributed by atoms with Gasteiger partial charge in [0.25, 0.3) is 0 Å². The molecule has 84 valence electrons. The predicted molar refractivity (Wildman–Crippen MR) is 62.4 cm³/mol. The number of hydrogen-bond acceptors (Lipinski definition) is 3. The molecule has 1 heterocycles. The van der Waals surface area contributed by atoms with Gasteiger partial charge in [-0.05, 0) is 18.2 Å². The minimum atomic E-state index is -0.171. The van der Waals surface area contributed by atoms with E-state index in [0.29, 0.717) is 6.61 Å². The van der Waals surface area contributed by atoms with Crippen LogP contribution >= 0.6 is 0 Å². The standard InChI is InChI=1S/C12H15N3O/c1-16-9-11(13)12-7-8-15(14-12)10-5-3-2-4-6-10/h2-8,11H,9,13H2,1H3. The molecule has 0 fully saturated rings. The van der Waals surface area contributed by atoms with Gasteiger partial charge in [0.05, 0.1) is 24.0 Å². The van der Waals surface area contributed by atoms with Crippen molar-refractivity contribution in [2.75, 3.05) is 13.7 Å². The molecule has 0 aliphatic carbocycles. The van der Waals surface area contributed by atoms with E-state index in [2.05, 4.69) is 5.10 Å². The van der Waals surface area contributed by atoms with Crippen molar-refractivity contribution in [1.29, 1.82) is 0 Å². The molecule has 4 heteroatoms. The molecule has 2 aromatic rings. The Morgan fingerprint density at radius 3 is 2.75 bits per heavy atom. The lowest BCUT2D eigenvalue weighted by atomic mass is 10.2. The van der Waals surface area contributed by atoms with Gasteiger partial charge in [0.1, 0.15) is 0 Å². The Hall–Kier alpha value is -1.65. The first-order valence-electron chi connectivity index (χ1n) is 5.17. The Bertz CT molecular complexity index is 439. The second-order valence-corrected chi connectivity index (χ2v) is 3.58. The van der Waals surface area contributed by atoms with Crippen molar-refractivity contribution in [3.63, 3.8) is 0 Å². The van der Waals surface area contributed by atoms with Crippen LogP contribution in [0, 0.1) is 0 Å². The minimum absolute atomic E-state index is 0.171. The molecule has 0 aliphatic heterocycles. The lowest BCUT2D eigenvalue weighted by molar-refractivity contribution is 0.179. The van der Waals surface area contributed by atoms with Crippen molar-refractivity contribution in [3.8, 4) is 5.69 Å². The number of ether oxygens (including phenoxy) is 1. The second kappa shape index (κ2) is 4.92. The van der Waals surface area contributed by atoms with Crippen molar-refractivity contribution >= 4 is 0 Å². The van der Waals surface area contributed by atoms with Gasteiger partial charge in [-0.3, -0.25) is 0 Å². The molecule has 0 radical (unpaired) electrons. The molecule has 2 rings (SSSR count). The zero-order valence-electron chi connectivity index (χ0n) is 9.21. The van der Waals surface area contributed by atoms with Crippen LogP contribution in [0.1, 0.15) is 11.7 Å². The third kappa shape index (κ3) is 2.29. The van der Waals surface area contributed by atoms with Crippen LogP contribution in [0.15, 0.2) is 42.6 Å². The SMILES string of the molecule is COCC(N)c1ccn(-c2ccccc2)n1. The molecule has 1 atom stereocenters. The van der Waals surface area contributed by atoms with Crippen LogP contribution in [-0.2, 0) is 4.74 Å². The van der Waals surface area contributed by atoms with Crippen molar-refractivity contribution in [3.05, 3.63) is 48.3 Å². The van der Waals surface area contributed by atoms with Gasteiger partial charge >= 0.3 is 0 Å². The largest absolute Gasteiger partial charge is 0.383 e. The molecule has 0 amide bonds. The van der Waals surface area contributed by atoms with Crippen molar-refractivity contribution in [1.82, 2.24) is 9.78 Å². The normalized spacial score (nSPS) is 12.6. The smallest absolute Gasteiger partial charge is 0.0819 e. The molecule has 2 N–H and O–H groups in total. The average molecular weight is 217 g/mol. The maximum Gasteiger partial charge on any atom is 0.0819 e. The summed E-state index contributed by atoms with van der Waals surface area (Å²) in [6, 6.07) is 11.7. The molecule has 0 spiro atoms.